The van der Waals surface area contributed by atoms with Gasteiger partial charge in [-0.3, -0.25) is 0 Å². The van der Waals surface area contributed by atoms with Gasteiger partial charge in [0.25, 0.3) is 0 Å². The average molecular weight is 338 g/mol. The average Bonchev–Trinajstić information content (AvgIpc) is 2.63. The number of rotatable bonds is 3. The van der Waals surface area contributed by atoms with Crippen molar-refractivity contribution in [1.82, 2.24) is 0 Å². The fourth-order valence-electron chi connectivity index (χ4n) is 1.17. The quantitative estimate of drug-likeness (QED) is 0.728. The van der Waals surface area contributed by atoms with Crippen LogP contribution in [0, 0.1) is 0 Å². The highest BCUT2D eigenvalue weighted by Gasteiger charge is 2.04. The lowest BCUT2D eigenvalue weighted by atomic mass is 10.3. The Morgan fingerprint density at radius 1 is 1.19 bits per heavy atom. The van der Waals surface area contributed by atoms with Gasteiger partial charge in [-0.05, 0) is 46.3 Å². The molecule has 0 saturated heterocycles. The van der Waals surface area contributed by atoms with Crippen LogP contribution >= 0.6 is 50.5 Å². The normalized spacial score (nSPS) is 10.4. The van der Waals surface area contributed by atoms with E-state index in [0.29, 0.717) is 22.4 Å². The molecule has 0 radical (unpaired) electrons. The molecule has 1 aromatic heterocycles. The molecule has 2 rings (SSSR count). The maximum Gasteiger partial charge on any atom is 0.138 e. The van der Waals surface area contributed by atoms with Gasteiger partial charge < -0.3 is 4.74 Å². The highest BCUT2D eigenvalue weighted by atomic mass is 79.9. The molecule has 0 fully saturated rings. The minimum atomic E-state index is 0.512. The van der Waals surface area contributed by atoms with E-state index in [0.717, 1.165) is 8.66 Å². The van der Waals surface area contributed by atoms with Crippen LogP contribution in [-0.2, 0) is 6.61 Å². The largest absolute Gasteiger partial charge is 0.487 e. The molecule has 0 unspecified atom stereocenters. The Morgan fingerprint density at radius 2 is 2.00 bits per heavy atom. The predicted molar refractivity (Wildman–Crippen MR) is 72.8 cm³/mol. The molecular formula is C11H7BrCl2OS. The molecule has 1 aromatic carbocycles. The smallest absolute Gasteiger partial charge is 0.138 e. The van der Waals surface area contributed by atoms with Crippen molar-refractivity contribution >= 4 is 50.5 Å². The van der Waals surface area contributed by atoms with E-state index >= 15 is 0 Å². The molecule has 84 valence electrons. The number of hydrogen-bond acceptors (Lipinski definition) is 2. The Hall–Kier alpha value is -0.220. The van der Waals surface area contributed by atoms with Crippen LogP contribution in [0.4, 0.5) is 0 Å². The Kier molecular flexibility index (Phi) is 4.14. The molecule has 0 aliphatic heterocycles. The summed E-state index contributed by atoms with van der Waals surface area (Å²) in [7, 11) is 0. The zero-order valence-electron chi connectivity index (χ0n) is 8.04. The lowest BCUT2D eigenvalue weighted by Gasteiger charge is -2.06. The van der Waals surface area contributed by atoms with Crippen LogP contribution in [0.3, 0.4) is 0 Å². The molecule has 0 N–H and O–H groups in total. The van der Waals surface area contributed by atoms with E-state index in [9.17, 15) is 0 Å². The third kappa shape index (κ3) is 3.14. The highest BCUT2D eigenvalue weighted by molar-refractivity contribution is 9.11. The summed E-state index contributed by atoms with van der Waals surface area (Å²) in [5.41, 5.74) is 0. The molecule has 0 aliphatic rings. The summed E-state index contributed by atoms with van der Waals surface area (Å²) in [6.45, 7) is 0.512. The van der Waals surface area contributed by atoms with Gasteiger partial charge in [0.15, 0.2) is 0 Å². The molecule has 2 aromatic rings. The van der Waals surface area contributed by atoms with Crippen molar-refractivity contribution in [1.29, 1.82) is 0 Å². The SMILES string of the molecule is Clc1ccc(OCc2ccc(Br)s2)c(Cl)c1. The maximum atomic E-state index is 5.99. The second-order valence-corrected chi connectivity index (χ2v) is 6.46. The van der Waals surface area contributed by atoms with Crippen LogP contribution in [0.2, 0.25) is 10.0 Å². The van der Waals surface area contributed by atoms with Gasteiger partial charge in [-0.25, -0.2) is 0 Å². The summed E-state index contributed by atoms with van der Waals surface area (Å²) < 4.78 is 6.68. The van der Waals surface area contributed by atoms with Gasteiger partial charge in [0.1, 0.15) is 12.4 Å². The van der Waals surface area contributed by atoms with Crippen LogP contribution in [0.1, 0.15) is 4.88 Å². The molecule has 0 bridgehead atoms. The fraction of sp³-hybridized carbons (Fsp3) is 0.0909. The first-order valence-electron chi connectivity index (χ1n) is 4.47. The van der Waals surface area contributed by atoms with E-state index in [2.05, 4.69) is 15.9 Å². The van der Waals surface area contributed by atoms with Gasteiger partial charge in [-0.2, -0.15) is 0 Å². The van der Waals surface area contributed by atoms with Crippen molar-refractivity contribution in [2.24, 2.45) is 0 Å². The zero-order chi connectivity index (χ0) is 11.5. The standard InChI is InChI=1S/C11H7BrCl2OS/c12-11-4-2-8(16-11)6-15-10-3-1-7(13)5-9(10)14/h1-5H,6H2. The van der Waals surface area contributed by atoms with E-state index in [1.54, 1.807) is 29.5 Å². The van der Waals surface area contributed by atoms with Gasteiger partial charge >= 0.3 is 0 Å². The Morgan fingerprint density at radius 3 is 2.62 bits per heavy atom. The minimum Gasteiger partial charge on any atom is -0.487 e. The number of benzene rings is 1. The van der Waals surface area contributed by atoms with E-state index in [4.69, 9.17) is 27.9 Å². The molecule has 1 heterocycles. The number of thiophene rings is 1. The van der Waals surface area contributed by atoms with Crippen LogP contribution < -0.4 is 4.74 Å². The maximum absolute atomic E-state index is 5.99. The van der Waals surface area contributed by atoms with Crippen LogP contribution in [0.25, 0.3) is 0 Å². The summed E-state index contributed by atoms with van der Waals surface area (Å²) in [6, 6.07) is 9.20. The van der Waals surface area contributed by atoms with Crippen molar-refractivity contribution in [2.75, 3.05) is 0 Å². The Bertz CT molecular complexity index is 498. The first kappa shape index (κ1) is 12.2. The topological polar surface area (TPSA) is 9.23 Å². The first-order valence-corrected chi connectivity index (χ1v) is 6.84. The Balaban J connectivity index is 2.04. The third-order valence-corrected chi connectivity index (χ3v) is 4.02. The summed E-state index contributed by atoms with van der Waals surface area (Å²) in [4.78, 5) is 1.14. The number of hydrogen-bond donors (Lipinski definition) is 0. The monoisotopic (exact) mass is 336 g/mol. The molecule has 0 amide bonds. The van der Waals surface area contributed by atoms with Crippen molar-refractivity contribution in [3.8, 4) is 5.75 Å². The van der Waals surface area contributed by atoms with Gasteiger partial charge in [-0.1, -0.05) is 23.2 Å². The highest BCUT2D eigenvalue weighted by Crippen LogP contribution is 2.29. The summed E-state index contributed by atoms with van der Waals surface area (Å²) in [6.07, 6.45) is 0. The minimum absolute atomic E-state index is 0.512. The molecule has 5 heteroatoms. The summed E-state index contributed by atoms with van der Waals surface area (Å²) in [5.74, 6) is 0.649. The number of halogens is 3. The molecule has 16 heavy (non-hydrogen) atoms. The van der Waals surface area contributed by atoms with E-state index < -0.39 is 0 Å². The Labute approximate surface area is 116 Å². The molecule has 0 spiro atoms. The third-order valence-electron chi connectivity index (χ3n) is 1.89. The van der Waals surface area contributed by atoms with Gasteiger partial charge in [0, 0.05) is 9.90 Å². The van der Waals surface area contributed by atoms with Crippen molar-refractivity contribution in [3.63, 3.8) is 0 Å². The first-order chi connectivity index (χ1) is 7.65. The molecule has 0 atom stereocenters. The predicted octanol–water partition coefficient (Wildman–Crippen LogP) is 5.40. The summed E-state index contributed by atoms with van der Waals surface area (Å²) >= 11 is 16.8. The lowest BCUT2D eigenvalue weighted by Crippen LogP contribution is -1.93. The van der Waals surface area contributed by atoms with Gasteiger partial charge in [0.2, 0.25) is 0 Å². The molecule has 0 aliphatic carbocycles. The van der Waals surface area contributed by atoms with E-state index in [1.165, 1.54) is 0 Å². The summed E-state index contributed by atoms with van der Waals surface area (Å²) in [5, 5.41) is 1.14. The van der Waals surface area contributed by atoms with E-state index in [1.807, 2.05) is 12.1 Å². The van der Waals surface area contributed by atoms with Crippen LogP contribution in [-0.4, -0.2) is 0 Å². The fourth-order valence-corrected chi connectivity index (χ4v) is 3.03. The molecule has 0 saturated carbocycles. The second kappa shape index (κ2) is 5.41. The van der Waals surface area contributed by atoms with Crippen molar-refractivity contribution < 1.29 is 4.74 Å². The second-order valence-electron chi connectivity index (χ2n) is 3.07. The van der Waals surface area contributed by atoms with Crippen molar-refractivity contribution in [2.45, 2.75) is 6.61 Å². The van der Waals surface area contributed by atoms with E-state index in [-0.39, 0.29) is 0 Å². The van der Waals surface area contributed by atoms with Gasteiger partial charge in [0.05, 0.1) is 8.81 Å². The lowest BCUT2D eigenvalue weighted by molar-refractivity contribution is 0.310. The molecule has 1 nitrogen and oxygen atoms in total. The zero-order valence-corrected chi connectivity index (χ0v) is 12.0. The van der Waals surface area contributed by atoms with Gasteiger partial charge in [-0.15, -0.1) is 11.3 Å². The molecular weight excluding hydrogens is 331 g/mol. The number of ether oxygens (including phenoxy) is 1. The van der Waals surface area contributed by atoms with Crippen LogP contribution in [0.15, 0.2) is 34.1 Å². The van der Waals surface area contributed by atoms with Crippen molar-refractivity contribution in [3.05, 3.63) is 49.0 Å². The van der Waals surface area contributed by atoms with Crippen LogP contribution in [0.5, 0.6) is 5.75 Å².